The second-order valence-corrected chi connectivity index (χ2v) is 5.03. The molecule has 1 aromatic carbocycles. The number of benzene rings is 1. The number of hydrogen-bond donors (Lipinski definition) is 1. The Hall–Kier alpha value is -1.33. The smallest absolute Gasteiger partial charge is 0.246 e. The summed E-state index contributed by atoms with van der Waals surface area (Å²) in [6, 6.07) is 5.60. The lowest BCUT2D eigenvalue weighted by molar-refractivity contribution is -0.135. The highest BCUT2D eigenvalue weighted by molar-refractivity contribution is 9.10. The zero-order valence-electron chi connectivity index (χ0n) is 9.97. The van der Waals surface area contributed by atoms with Gasteiger partial charge in [0.05, 0.1) is 13.2 Å². The minimum Gasteiger partial charge on any atom is -0.496 e. The van der Waals surface area contributed by atoms with E-state index in [-0.39, 0.29) is 12.0 Å². The highest BCUT2D eigenvalue weighted by Gasteiger charge is 2.27. The molecule has 96 valence electrons. The number of carbonyl (C=O) groups is 1. The predicted molar refractivity (Wildman–Crippen MR) is 72.3 cm³/mol. The van der Waals surface area contributed by atoms with Gasteiger partial charge in [0.2, 0.25) is 5.91 Å². The third kappa shape index (κ3) is 2.91. The fourth-order valence-electron chi connectivity index (χ4n) is 1.74. The summed E-state index contributed by atoms with van der Waals surface area (Å²) in [6.07, 6.45) is 2.84. The van der Waals surface area contributed by atoms with E-state index < -0.39 is 0 Å². The van der Waals surface area contributed by atoms with E-state index in [1.54, 1.807) is 18.1 Å². The van der Waals surface area contributed by atoms with Crippen molar-refractivity contribution in [1.82, 2.24) is 4.90 Å². The Morgan fingerprint density at radius 3 is 2.89 bits per heavy atom. The number of carbonyl (C=O) groups excluding carboxylic acids is 1. The average Bonchev–Trinajstić information content (AvgIpc) is 2.32. The third-order valence-corrected chi connectivity index (χ3v) is 3.26. The second-order valence-electron chi connectivity index (χ2n) is 4.12. The molecule has 1 heterocycles. The molecule has 1 fully saturated rings. The highest BCUT2D eigenvalue weighted by Crippen LogP contribution is 2.24. The molecule has 0 bridgehead atoms. The SMILES string of the molecule is COc1ccc(Br)cc1C=CC(=O)N1CC(O)C1. The number of likely N-dealkylation sites (tertiary alicyclic amines) is 1. The number of nitrogens with zero attached hydrogens (tertiary/aromatic N) is 1. The molecule has 1 saturated heterocycles. The topological polar surface area (TPSA) is 49.8 Å². The van der Waals surface area contributed by atoms with Crippen LogP contribution >= 0.6 is 15.9 Å². The van der Waals surface area contributed by atoms with Gasteiger partial charge in [0.15, 0.2) is 0 Å². The van der Waals surface area contributed by atoms with E-state index in [0.717, 1.165) is 10.0 Å². The Labute approximate surface area is 114 Å². The maximum atomic E-state index is 11.7. The van der Waals surface area contributed by atoms with Gasteiger partial charge < -0.3 is 14.7 Å². The molecule has 0 saturated carbocycles. The first-order chi connectivity index (χ1) is 8.60. The molecular formula is C13H14BrNO3. The molecule has 4 nitrogen and oxygen atoms in total. The van der Waals surface area contributed by atoms with Crippen molar-refractivity contribution in [3.63, 3.8) is 0 Å². The minimum absolute atomic E-state index is 0.0951. The van der Waals surface area contributed by atoms with Gasteiger partial charge in [-0.05, 0) is 24.3 Å². The van der Waals surface area contributed by atoms with E-state index in [1.807, 2.05) is 18.2 Å². The van der Waals surface area contributed by atoms with Gasteiger partial charge in [-0.3, -0.25) is 4.79 Å². The predicted octanol–water partition coefficient (Wildman–Crippen LogP) is 1.67. The number of aliphatic hydroxyl groups excluding tert-OH is 1. The van der Waals surface area contributed by atoms with E-state index in [2.05, 4.69) is 15.9 Å². The number of aliphatic hydroxyl groups is 1. The highest BCUT2D eigenvalue weighted by atomic mass is 79.9. The van der Waals surface area contributed by atoms with Crippen LogP contribution in [0.15, 0.2) is 28.7 Å². The van der Waals surface area contributed by atoms with Gasteiger partial charge in [0.25, 0.3) is 0 Å². The van der Waals surface area contributed by atoms with E-state index in [4.69, 9.17) is 9.84 Å². The van der Waals surface area contributed by atoms with Crippen molar-refractivity contribution >= 4 is 27.9 Å². The lowest BCUT2D eigenvalue weighted by Crippen LogP contribution is -2.52. The van der Waals surface area contributed by atoms with Gasteiger partial charge in [-0.1, -0.05) is 15.9 Å². The second kappa shape index (κ2) is 5.54. The van der Waals surface area contributed by atoms with Crippen molar-refractivity contribution in [2.45, 2.75) is 6.10 Å². The largest absolute Gasteiger partial charge is 0.496 e. The standard InChI is InChI=1S/C13H14BrNO3/c1-18-12-4-3-10(14)6-9(12)2-5-13(17)15-7-11(16)8-15/h2-6,11,16H,7-8H2,1H3. The molecule has 2 rings (SSSR count). The average molecular weight is 312 g/mol. The first kappa shape index (κ1) is 13.1. The molecule has 18 heavy (non-hydrogen) atoms. The first-order valence-electron chi connectivity index (χ1n) is 5.58. The lowest BCUT2D eigenvalue weighted by atomic mass is 10.1. The quantitative estimate of drug-likeness (QED) is 0.864. The normalized spacial score (nSPS) is 15.8. The number of hydrogen-bond acceptors (Lipinski definition) is 3. The Morgan fingerprint density at radius 2 is 2.28 bits per heavy atom. The van der Waals surface area contributed by atoms with Gasteiger partial charge in [-0.25, -0.2) is 0 Å². The number of halogens is 1. The third-order valence-electron chi connectivity index (χ3n) is 2.77. The van der Waals surface area contributed by atoms with Crippen molar-refractivity contribution in [2.24, 2.45) is 0 Å². The fraction of sp³-hybridized carbons (Fsp3) is 0.308. The Balaban J connectivity index is 2.08. The lowest BCUT2D eigenvalue weighted by Gasteiger charge is -2.34. The van der Waals surface area contributed by atoms with Gasteiger partial charge >= 0.3 is 0 Å². The molecule has 1 aromatic rings. The molecule has 0 aromatic heterocycles. The number of rotatable bonds is 3. The van der Waals surface area contributed by atoms with Gasteiger partial charge in [-0.15, -0.1) is 0 Å². The monoisotopic (exact) mass is 311 g/mol. The van der Waals surface area contributed by atoms with Crippen LogP contribution in [0.3, 0.4) is 0 Å². The van der Waals surface area contributed by atoms with E-state index in [9.17, 15) is 4.79 Å². The number of amides is 1. The van der Waals surface area contributed by atoms with Gasteiger partial charge in [0.1, 0.15) is 5.75 Å². The Morgan fingerprint density at radius 1 is 1.56 bits per heavy atom. The van der Waals surface area contributed by atoms with Crippen LogP contribution in [-0.2, 0) is 4.79 Å². The van der Waals surface area contributed by atoms with Crippen LogP contribution in [0.5, 0.6) is 5.75 Å². The summed E-state index contributed by atoms with van der Waals surface area (Å²) in [4.78, 5) is 13.3. The molecule has 0 spiro atoms. The molecule has 0 atom stereocenters. The Bertz CT molecular complexity index is 481. The van der Waals surface area contributed by atoms with Crippen LogP contribution < -0.4 is 4.74 Å². The molecule has 1 amide bonds. The van der Waals surface area contributed by atoms with Crippen molar-refractivity contribution in [3.8, 4) is 5.75 Å². The van der Waals surface area contributed by atoms with E-state index >= 15 is 0 Å². The maximum Gasteiger partial charge on any atom is 0.246 e. The van der Waals surface area contributed by atoms with Crippen molar-refractivity contribution < 1.29 is 14.6 Å². The fourth-order valence-corrected chi connectivity index (χ4v) is 2.12. The van der Waals surface area contributed by atoms with E-state index in [1.165, 1.54) is 6.08 Å². The maximum absolute atomic E-state index is 11.7. The molecule has 1 aliphatic rings. The molecular weight excluding hydrogens is 298 g/mol. The summed E-state index contributed by atoms with van der Waals surface area (Å²) in [5.74, 6) is 0.619. The zero-order chi connectivity index (χ0) is 13.1. The number of β-amino-alcohol motifs (C(OH)–C–C–N with tert-alkyl or cyclic N) is 1. The summed E-state index contributed by atoms with van der Waals surface area (Å²) >= 11 is 3.38. The Kier molecular flexibility index (Phi) is 4.04. The molecule has 1 N–H and O–H groups in total. The summed E-state index contributed by atoms with van der Waals surface area (Å²) in [6.45, 7) is 0.831. The van der Waals surface area contributed by atoms with Crippen LogP contribution in [0, 0.1) is 0 Å². The van der Waals surface area contributed by atoms with Crippen molar-refractivity contribution in [2.75, 3.05) is 20.2 Å². The zero-order valence-corrected chi connectivity index (χ0v) is 11.6. The van der Waals surface area contributed by atoms with Crippen LogP contribution in [-0.4, -0.2) is 42.2 Å². The molecule has 0 radical (unpaired) electrons. The van der Waals surface area contributed by atoms with Crippen LogP contribution in [0.2, 0.25) is 0 Å². The molecule has 0 aliphatic carbocycles. The van der Waals surface area contributed by atoms with Crippen LogP contribution in [0.4, 0.5) is 0 Å². The molecule has 1 aliphatic heterocycles. The summed E-state index contributed by atoms with van der Waals surface area (Å²) in [5, 5.41) is 9.13. The first-order valence-corrected chi connectivity index (χ1v) is 6.38. The van der Waals surface area contributed by atoms with Crippen LogP contribution in [0.25, 0.3) is 6.08 Å². The number of ether oxygens (including phenoxy) is 1. The summed E-state index contributed by atoms with van der Waals surface area (Å²) in [7, 11) is 1.59. The van der Waals surface area contributed by atoms with Crippen molar-refractivity contribution in [3.05, 3.63) is 34.3 Å². The summed E-state index contributed by atoms with van der Waals surface area (Å²) < 4.78 is 6.14. The van der Waals surface area contributed by atoms with Crippen molar-refractivity contribution in [1.29, 1.82) is 0 Å². The van der Waals surface area contributed by atoms with E-state index in [0.29, 0.717) is 18.8 Å². The van der Waals surface area contributed by atoms with Gasteiger partial charge in [-0.2, -0.15) is 0 Å². The van der Waals surface area contributed by atoms with Crippen LogP contribution in [0.1, 0.15) is 5.56 Å². The molecule has 5 heteroatoms. The minimum atomic E-state index is -0.372. The van der Waals surface area contributed by atoms with Gasteiger partial charge in [0, 0.05) is 29.2 Å². The summed E-state index contributed by atoms with van der Waals surface area (Å²) in [5.41, 5.74) is 0.835. The number of methoxy groups -OCH3 is 1. The molecule has 0 unspecified atom stereocenters.